The smallest absolute Gasteiger partial charge is 0.218 e. The number of hydrogen-bond acceptors (Lipinski definition) is 5. The second-order valence-corrected chi connectivity index (χ2v) is 6.68. The summed E-state index contributed by atoms with van der Waals surface area (Å²) >= 11 is 0. The first kappa shape index (κ1) is 14.6. The summed E-state index contributed by atoms with van der Waals surface area (Å²) in [5, 5.41) is 9.17. The van der Waals surface area contributed by atoms with Gasteiger partial charge in [-0.1, -0.05) is 18.2 Å². The molecule has 6 heteroatoms. The van der Waals surface area contributed by atoms with Crippen molar-refractivity contribution in [3.05, 3.63) is 41.4 Å². The van der Waals surface area contributed by atoms with Gasteiger partial charge in [-0.25, -0.2) is 8.42 Å². The molecule has 0 radical (unpaired) electrons. The minimum Gasteiger partial charge on any atom is -0.373 e. The minimum atomic E-state index is -3.72. The Morgan fingerprint density at radius 1 is 1.20 bits per heavy atom. The molecule has 0 amide bonds. The van der Waals surface area contributed by atoms with Crippen molar-refractivity contribution >= 4 is 9.84 Å². The molecule has 0 aromatic heterocycles. The Morgan fingerprint density at radius 2 is 1.80 bits per heavy atom. The molecular weight excluding hydrogens is 274 g/mol. The van der Waals surface area contributed by atoms with Crippen LogP contribution in [0.2, 0.25) is 0 Å². The van der Waals surface area contributed by atoms with E-state index >= 15 is 0 Å². The molecule has 1 aliphatic rings. The van der Waals surface area contributed by atoms with Crippen LogP contribution in [-0.4, -0.2) is 51.4 Å². The lowest BCUT2D eigenvalue weighted by molar-refractivity contribution is 0.198. The molecule has 0 aliphatic carbocycles. The molecule has 1 heterocycles. The summed E-state index contributed by atoms with van der Waals surface area (Å²) in [6.07, 6.45) is 1.47. The fourth-order valence-electron chi connectivity index (χ4n) is 2.00. The average Bonchev–Trinajstić information content (AvgIpc) is 2.47. The molecule has 1 fully saturated rings. The molecule has 5 nitrogen and oxygen atoms in total. The van der Waals surface area contributed by atoms with Gasteiger partial charge < -0.3 is 9.80 Å². The lowest BCUT2D eigenvalue weighted by Gasteiger charge is -2.31. The predicted molar refractivity (Wildman–Crippen MR) is 76.4 cm³/mol. The summed E-state index contributed by atoms with van der Waals surface area (Å²) in [4.78, 5) is 4.01. The predicted octanol–water partition coefficient (Wildman–Crippen LogP) is 1.07. The monoisotopic (exact) mass is 291 g/mol. The largest absolute Gasteiger partial charge is 0.373 e. The van der Waals surface area contributed by atoms with Crippen LogP contribution in [0.5, 0.6) is 0 Å². The van der Waals surface area contributed by atoms with Gasteiger partial charge in [-0.05, 0) is 19.2 Å². The Bertz CT molecular complexity index is 624. The number of hydrogen-bond donors (Lipinski definition) is 0. The highest BCUT2D eigenvalue weighted by Gasteiger charge is 2.22. The fraction of sp³-hybridized carbons (Fsp3) is 0.357. The zero-order chi connectivity index (χ0) is 14.6. The van der Waals surface area contributed by atoms with Crippen LogP contribution in [0.4, 0.5) is 0 Å². The van der Waals surface area contributed by atoms with Crippen LogP contribution in [0.1, 0.15) is 0 Å². The number of piperazine rings is 1. The van der Waals surface area contributed by atoms with E-state index in [4.69, 9.17) is 0 Å². The Labute approximate surface area is 119 Å². The molecular formula is C14H17N3O2S. The SMILES string of the molecule is CN1CCN(/C=C(/C#N)S(=O)(=O)c2ccccc2)CC1. The third kappa shape index (κ3) is 3.18. The molecule has 0 N–H and O–H groups in total. The summed E-state index contributed by atoms with van der Waals surface area (Å²) in [7, 11) is -1.70. The summed E-state index contributed by atoms with van der Waals surface area (Å²) in [5.74, 6) is 0. The highest BCUT2D eigenvalue weighted by atomic mass is 32.2. The third-order valence-electron chi connectivity index (χ3n) is 3.29. The van der Waals surface area contributed by atoms with Gasteiger partial charge in [0, 0.05) is 32.4 Å². The number of likely N-dealkylation sites (N-methyl/N-ethyl adjacent to an activating group) is 1. The zero-order valence-electron chi connectivity index (χ0n) is 11.4. The molecule has 106 valence electrons. The van der Waals surface area contributed by atoms with Gasteiger partial charge in [0.2, 0.25) is 9.84 Å². The van der Waals surface area contributed by atoms with Crippen LogP contribution in [0.3, 0.4) is 0 Å². The lowest BCUT2D eigenvalue weighted by atomic mass is 10.3. The van der Waals surface area contributed by atoms with Crippen molar-refractivity contribution in [2.24, 2.45) is 0 Å². The number of nitrogens with zero attached hydrogens (tertiary/aromatic N) is 3. The molecule has 0 atom stereocenters. The van der Waals surface area contributed by atoms with E-state index in [0.717, 1.165) is 26.2 Å². The topological polar surface area (TPSA) is 64.4 Å². The van der Waals surface area contributed by atoms with Crippen LogP contribution >= 0.6 is 0 Å². The van der Waals surface area contributed by atoms with Crippen LogP contribution in [-0.2, 0) is 9.84 Å². The molecule has 0 spiro atoms. The first-order valence-electron chi connectivity index (χ1n) is 6.38. The average molecular weight is 291 g/mol. The Hall–Kier alpha value is -1.84. The van der Waals surface area contributed by atoms with Crippen LogP contribution < -0.4 is 0 Å². The van der Waals surface area contributed by atoms with Crippen molar-refractivity contribution in [1.82, 2.24) is 9.80 Å². The van der Waals surface area contributed by atoms with Gasteiger partial charge in [-0.2, -0.15) is 5.26 Å². The highest BCUT2D eigenvalue weighted by Crippen LogP contribution is 2.19. The number of sulfone groups is 1. The normalized spacial score (nSPS) is 17.8. The maximum absolute atomic E-state index is 12.4. The van der Waals surface area contributed by atoms with Gasteiger partial charge in [-0.3, -0.25) is 0 Å². The molecule has 2 rings (SSSR count). The summed E-state index contributed by atoms with van der Waals surface area (Å²) in [6, 6.07) is 9.87. The van der Waals surface area contributed by atoms with E-state index in [1.807, 2.05) is 18.0 Å². The van der Waals surface area contributed by atoms with E-state index in [9.17, 15) is 13.7 Å². The highest BCUT2D eigenvalue weighted by molar-refractivity contribution is 7.95. The van der Waals surface area contributed by atoms with Crippen LogP contribution in [0, 0.1) is 11.3 Å². The van der Waals surface area contributed by atoms with Crippen LogP contribution in [0.15, 0.2) is 46.3 Å². The van der Waals surface area contributed by atoms with E-state index in [1.54, 1.807) is 18.2 Å². The second-order valence-electron chi connectivity index (χ2n) is 4.76. The first-order chi connectivity index (χ1) is 9.54. The van der Waals surface area contributed by atoms with Crippen molar-refractivity contribution in [1.29, 1.82) is 5.26 Å². The fourth-order valence-corrected chi connectivity index (χ4v) is 3.18. The van der Waals surface area contributed by atoms with Gasteiger partial charge in [0.25, 0.3) is 0 Å². The van der Waals surface area contributed by atoms with Gasteiger partial charge >= 0.3 is 0 Å². The van der Waals surface area contributed by atoms with Crippen molar-refractivity contribution < 1.29 is 8.42 Å². The van der Waals surface area contributed by atoms with E-state index in [0.29, 0.717) is 0 Å². The quantitative estimate of drug-likeness (QED) is 0.780. The minimum absolute atomic E-state index is 0.155. The molecule has 0 saturated carbocycles. The maximum Gasteiger partial charge on any atom is 0.218 e. The van der Waals surface area contributed by atoms with Gasteiger partial charge in [0.1, 0.15) is 6.07 Å². The van der Waals surface area contributed by atoms with E-state index in [1.165, 1.54) is 18.3 Å². The first-order valence-corrected chi connectivity index (χ1v) is 7.87. The summed E-state index contributed by atoms with van der Waals surface area (Å²) in [6.45, 7) is 3.18. The second kappa shape index (κ2) is 6.07. The molecule has 1 aromatic rings. The van der Waals surface area contributed by atoms with E-state index in [-0.39, 0.29) is 9.80 Å². The zero-order valence-corrected chi connectivity index (χ0v) is 12.2. The molecule has 1 saturated heterocycles. The van der Waals surface area contributed by atoms with E-state index in [2.05, 4.69) is 4.90 Å². The standard InChI is InChI=1S/C14H17N3O2S/c1-16-7-9-17(10-8-16)12-14(11-15)20(18,19)13-5-3-2-4-6-13/h2-6,12H,7-10H2,1H3/b14-12-. The Kier molecular flexibility index (Phi) is 4.42. The maximum atomic E-state index is 12.4. The summed E-state index contributed by atoms with van der Waals surface area (Å²) < 4.78 is 24.7. The molecule has 0 bridgehead atoms. The van der Waals surface area contributed by atoms with Crippen LogP contribution in [0.25, 0.3) is 0 Å². The van der Waals surface area contributed by atoms with Crippen molar-refractivity contribution in [3.63, 3.8) is 0 Å². The van der Waals surface area contributed by atoms with Gasteiger partial charge in [-0.15, -0.1) is 0 Å². The van der Waals surface area contributed by atoms with Crippen molar-refractivity contribution in [2.75, 3.05) is 33.2 Å². The summed E-state index contributed by atoms with van der Waals surface area (Å²) in [5.41, 5.74) is 0. The van der Waals surface area contributed by atoms with Gasteiger partial charge in [0.15, 0.2) is 4.91 Å². The Balaban J connectivity index is 2.27. The van der Waals surface area contributed by atoms with Crippen molar-refractivity contribution in [2.45, 2.75) is 4.90 Å². The van der Waals surface area contributed by atoms with Gasteiger partial charge in [0.05, 0.1) is 4.90 Å². The number of benzene rings is 1. The number of nitriles is 1. The van der Waals surface area contributed by atoms with Crippen molar-refractivity contribution in [3.8, 4) is 6.07 Å². The molecule has 0 unspecified atom stereocenters. The Morgan fingerprint density at radius 3 is 2.35 bits per heavy atom. The van der Waals surface area contributed by atoms with E-state index < -0.39 is 9.84 Å². The number of allylic oxidation sites excluding steroid dienone is 1. The molecule has 1 aromatic carbocycles. The molecule has 20 heavy (non-hydrogen) atoms. The third-order valence-corrected chi connectivity index (χ3v) is 4.96. The lowest BCUT2D eigenvalue weighted by Crippen LogP contribution is -2.42. The number of rotatable bonds is 3. The molecule has 1 aliphatic heterocycles.